The standard InChI is InChI=1S/C14H21N3O2/c1-10-8-15-11(2)12(17-10)16-9-14(13(18)19)6-4-3-5-7-14/h8H,3-7,9H2,1-2H3,(H,16,17)(H,18,19). The summed E-state index contributed by atoms with van der Waals surface area (Å²) in [6.07, 6.45) is 6.33. The third-order valence-electron chi connectivity index (χ3n) is 3.93. The van der Waals surface area contributed by atoms with Crippen molar-refractivity contribution in [2.75, 3.05) is 11.9 Å². The lowest BCUT2D eigenvalue weighted by atomic mass is 9.74. The minimum atomic E-state index is -0.696. The van der Waals surface area contributed by atoms with Crippen molar-refractivity contribution in [1.82, 2.24) is 9.97 Å². The van der Waals surface area contributed by atoms with Crippen molar-refractivity contribution in [3.63, 3.8) is 0 Å². The first-order valence-electron chi connectivity index (χ1n) is 6.81. The summed E-state index contributed by atoms with van der Waals surface area (Å²) in [6, 6.07) is 0. The van der Waals surface area contributed by atoms with E-state index in [1.165, 1.54) is 0 Å². The lowest BCUT2D eigenvalue weighted by molar-refractivity contribution is -0.150. The summed E-state index contributed by atoms with van der Waals surface area (Å²) in [6.45, 7) is 4.19. The van der Waals surface area contributed by atoms with E-state index in [2.05, 4.69) is 15.3 Å². The van der Waals surface area contributed by atoms with E-state index in [9.17, 15) is 9.90 Å². The van der Waals surface area contributed by atoms with E-state index in [0.29, 0.717) is 12.4 Å². The normalized spacial score (nSPS) is 18.0. The number of carboxylic acid groups (broad SMARTS) is 1. The first-order chi connectivity index (χ1) is 9.03. The molecule has 1 heterocycles. The molecule has 0 saturated heterocycles. The van der Waals surface area contributed by atoms with Crippen molar-refractivity contribution in [1.29, 1.82) is 0 Å². The monoisotopic (exact) mass is 263 g/mol. The van der Waals surface area contributed by atoms with E-state index >= 15 is 0 Å². The van der Waals surface area contributed by atoms with Crippen LogP contribution in [0.15, 0.2) is 6.20 Å². The second-order valence-corrected chi connectivity index (χ2v) is 5.45. The molecule has 0 aliphatic heterocycles. The van der Waals surface area contributed by atoms with Gasteiger partial charge in [0, 0.05) is 12.7 Å². The van der Waals surface area contributed by atoms with Gasteiger partial charge in [-0.2, -0.15) is 0 Å². The Labute approximate surface area is 113 Å². The SMILES string of the molecule is Cc1cnc(C)c(NCC2(C(=O)O)CCCCC2)n1. The topological polar surface area (TPSA) is 75.1 Å². The summed E-state index contributed by atoms with van der Waals surface area (Å²) in [5.74, 6) is 0.00386. The van der Waals surface area contributed by atoms with Crippen molar-refractivity contribution in [2.45, 2.75) is 46.0 Å². The lowest BCUT2D eigenvalue weighted by Crippen LogP contribution is -2.40. The Balaban J connectivity index is 2.10. The Kier molecular flexibility index (Phi) is 4.02. The van der Waals surface area contributed by atoms with Crippen LogP contribution in [-0.4, -0.2) is 27.6 Å². The molecule has 1 aromatic heterocycles. The van der Waals surface area contributed by atoms with Gasteiger partial charge in [-0.15, -0.1) is 0 Å². The summed E-state index contributed by atoms with van der Waals surface area (Å²) in [5.41, 5.74) is 0.999. The first kappa shape index (κ1) is 13.8. The molecule has 0 unspecified atom stereocenters. The Hall–Kier alpha value is -1.65. The zero-order valence-corrected chi connectivity index (χ0v) is 11.6. The fourth-order valence-electron chi connectivity index (χ4n) is 2.65. The number of aliphatic carboxylic acids is 1. The van der Waals surface area contributed by atoms with Gasteiger partial charge >= 0.3 is 5.97 Å². The molecular weight excluding hydrogens is 242 g/mol. The van der Waals surface area contributed by atoms with Gasteiger partial charge in [0.25, 0.3) is 0 Å². The molecule has 0 spiro atoms. The summed E-state index contributed by atoms with van der Waals surface area (Å²) in [4.78, 5) is 20.2. The maximum Gasteiger partial charge on any atom is 0.311 e. The summed E-state index contributed by atoms with van der Waals surface area (Å²) in [7, 11) is 0. The van der Waals surface area contributed by atoms with Crippen molar-refractivity contribution in [2.24, 2.45) is 5.41 Å². The number of hydrogen-bond donors (Lipinski definition) is 2. The van der Waals surface area contributed by atoms with Gasteiger partial charge in [-0.05, 0) is 26.7 Å². The summed E-state index contributed by atoms with van der Waals surface area (Å²) in [5, 5.41) is 12.7. The van der Waals surface area contributed by atoms with Gasteiger partial charge in [0.2, 0.25) is 0 Å². The van der Waals surface area contributed by atoms with Crippen LogP contribution in [0, 0.1) is 19.3 Å². The van der Waals surface area contributed by atoms with Crippen LogP contribution >= 0.6 is 0 Å². The minimum absolute atomic E-state index is 0.432. The number of rotatable bonds is 4. The highest BCUT2D eigenvalue weighted by Gasteiger charge is 2.39. The van der Waals surface area contributed by atoms with Crippen molar-refractivity contribution in [3.8, 4) is 0 Å². The molecule has 0 atom stereocenters. The molecule has 2 N–H and O–H groups in total. The van der Waals surface area contributed by atoms with Gasteiger partial charge in [0.1, 0.15) is 5.82 Å². The van der Waals surface area contributed by atoms with E-state index in [1.807, 2.05) is 13.8 Å². The van der Waals surface area contributed by atoms with Crippen LogP contribution in [0.25, 0.3) is 0 Å². The van der Waals surface area contributed by atoms with Gasteiger partial charge in [-0.1, -0.05) is 19.3 Å². The average molecular weight is 263 g/mol. The van der Waals surface area contributed by atoms with Crippen LogP contribution in [-0.2, 0) is 4.79 Å². The molecule has 19 heavy (non-hydrogen) atoms. The van der Waals surface area contributed by atoms with E-state index < -0.39 is 11.4 Å². The summed E-state index contributed by atoms with van der Waals surface area (Å²) < 4.78 is 0. The van der Waals surface area contributed by atoms with Gasteiger partial charge in [0.15, 0.2) is 0 Å². The highest BCUT2D eigenvalue weighted by molar-refractivity contribution is 5.75. The zero-order chi connectivity index (χ0) is 13.9. The molecule has 1 fully saturated rings. The predicted molar refractivity (Wildman–Crippen MR) is 73.1 cm³/mol. The second-order valence-electron chi connectivity index (χ2n) is 5.45. The van der Waals surface area contributed by atoms with E-state index in [4.69, 9.17) is 0 Å². The molecular formula is C14H21N3O2. The lowest BCUT2D eigenvalue weighted by Gasteiger charge is -2.33. The fourth-order valence-corrected chi connectivity index (χ4v) is 2.65. The molecule has 2 rings (SSSR count). The molecule has 1 saturated carbocycles. The van der Waals surface area contributed by atoms with E-state index in [0.717, 1.165) is 43.5 Å². The maximum atomic E-state index is 11.6. The fraction of sp³-hybridized carbons (Fsp3) is 0.643. The number of nitrogens with one attached hydrogen (secondary N) is 1. The van der Waals surface area contributed by atoms with Gasteiger partial charge in [-0.25, -0.2) is 4.98 Å². The molecule has 5 heteroatoms. The predicted octanol–water partition coefficient (Wildman–Crippen LogP) is 2.54. The third kappa shape index (κ3) is 3.03. The van der Waals surface area contributed by atoms with Crippen LogP contribution in [0.4, 0.5) is 5.82 Å². The average Bonchev–Trinajstić information content (AvgIpc) is 2.41. The quantitative estimate of drug-likeness (QED) is 0.873. The molecule has 0 radical (unpaired) electrons. The van der Waals surface area contributed by atoms with E-state index in [1.54, 1.807) is 6.20 Å². The minimum Gasteiger partial charge on any atom is -0.481 e. The molecule has 104 valence electrons. The highest BCUT2D eigenvalue weighted by Crippen LogP contribution is 2.36. The van der Waals surface area contributed by atoms with Crippen molar-refractivity contribution in [3.05, 3.63) is 17.6 Å². The number of aromatic nitrogens is 2. The highest BCUT2D eigenvalue weighted by atomic mass is 16.4. The Morgan fingerprint density at radius 1 is 1.37 bits per heavy atom. The largest absolute Gasteiger partial charge is 0.481 e. The molecule has 0 aromatic carbocycles. The second kappa shape index (κ2) is 5.55. The first-order valence-corrected chi connectivity index (χ1v) is 6.81. The number of carboxylic acids is 1. The molecule has 1 aliphatic carbocycles. The van der Waals surface area contributed by atoms with Gasteiger partial charge in [0.05, 0.1) is 16.8 Å². The van der Waals surface area contributed by atoms with Crippen molar-refractivity contribution >= 4 is 11.8 Å². The van der Waals surface area contributed by atoms with Crippen LogP contribution in [0.2, 0.25) is 0 Å². The van der Waals surface area contributed by atoms with Crippen molar-refractivity contribution < 1.29 is 9.90 Å². The number of hydrogen-bond acceptors (Lipinski definition) is 4. The van der Waals surface area contributed by atoms with Crippen LogP contribution in [0.3, 0.4) is 0 Å². The Morgan fingerprint density at radius 3 is 2.68 bits per heavy atom. The number of aryl methyl sites for hydroxylation is 2. The smallest absolute Gasteiger partial charge is 0.311 e. The molecule has 0 bridgehead atoms. The summed E-state index contributed by atoms with van der Waals surface area (Å²) >= 11 is 0. The van der Waals surface area contributed by atoms with Gasteiger partial charge < -0.3 is 10.4 Å². The van der Waals surface area contributed by atoms with E-state index in [-0.39, 0.29) is 0 Å². The van der Waals surface area contributed by atoms with Crippen LogP contribution in [0.1, 0.15) is 43.5 Å². The molecule has 0 amide bonds. The zero-order valence-electron chi connectivity index (χ0n) is 11.6. The molecule has 5 nitrogen and oxygen atoms in total. The molecule has 1 aliphatic rings. The third-order valence-corrected chi connectivity index (χ3v) is 3.93. The van der Waals surface area contributed by atoms with Crippen LogP contribution < -0.4 is 5.32 Å². The Morgan fingerprint density at radius 2 is 2.05 bits per heavy atom. The van der Waals surface area contributed by atoms with Crippen LogP contribution in [0.5, 0.6) is 0 Å². The number of nitrogens with zero attached hydrogens (tertiary/aromatic N) is 2. The Bertz CT molecular complexity index is 468. The maximum absolute atomic E-state index is 11.6. The molecule has 1 aromatic rings. The number of anilines is 1. The van der Waals surface area contributed by atoms with Gasteiger partial charge in [-0.3, -0.25) is 9.78 Å². The number of carbonyl (C=O) groups is 1.